The molecule has 0 saturated heterocycles. The van der Waals surface area contributed by atoms with E-state index in [4.69, 9.17) is 12.8 Å². The molecule has 4 nitrogen and oxygen atoms in total. The van der Waals surface area contributed by atoms with E-state index in [-0.39, 0.29) is 11.8 Å². The standard InChI is InChI=1S/C58H88N2O2S2/c1-7-13-17-21-25-27-31-35-39-47(37-33-29-23-19-15-9-3)45-59-55(51-43-41-49(11-5)63-51)53-54(57(59)61)56(52-44-42-50(12-6)64-52)60(58(53)62)46-48(38-34-30-24-20-16-10-4)40-36-32-28-26-22-18-14-8-2/h5-6,41-44,47-48H,7-10,13-40,45-46H2,1-4H3. The lowest BCUT2D eigenvalue weighted by molar-refractivity contribution is -0.124. The molecule has 2 unspecified atom stereocenters. The molecule has 2 aromatic heterocycles. The van der Waals surface area contributed by atoms with Crippen molar-refractivity contribution in [2.75, 3.05) is 13.1 Å². The number of terminal acetylenes is 2. The zero-order chi connectivity index (χ0) is 45.8. The maximum absolute atomic E-state index is 15.4. The van der Waals surface area contributed by atoms with Crippen molar-refractivity contribution in [3.63, 3.8) is 0 Å². The second kappa shape index (κ2) is 31.8. The van der Waals surface area contributed by atoms with Crippen molar-refractivity contribution in [3.8, 4) is 24.7 Å². The maximum atomic E-state index is 15.4. The van der Waals surface area contributed by atoms with E-state index >= 15 is 9.59 Å². The lowest BCUT2D eigenvalue weighted by Crippen LogP contribution is -2.34. The van der Waals surface area contributed by atoms with E-state index in [1.54, 1.807) is 0 Å². The first kappa shape index (κ1) is 53.6. The van der Waals surface area contributed by atoms with Crippen LogP contribution in [0.5, 0.6) is 0 Å². The number of carbonyl (C=O) groups is 2. The molecule has 354 valence electrons. The van der Waals surface area contributed by atoms with Gasteiger partial charge in [0.15, 0.2) is 0 Å². The second-order valence-corrected chi connectivity index (χ2v) is 21.4. The van der Waals surface area contributed by atoms with Gasteiger partial charge < -0.3 is 9.80 Å². The molecule has 4 heterocycles. The van der Waals surface area contributed by atoms with Crippen LogP contribution < -0.4 is 0 Å². The molecular formula is C58H88N2O2S2. The smallest absolute Gasteiger partial charge is 0.261 e. The Balaban J connectivity index is 1.66. The summed E-state index contributed by atoms with van der Waals surface area (Å²) in [7, 11) is 0. The van der Waals surface area contributed by atoms with Crippen LogP contribution in [-0.2, 0) is 9.59 Å². The lowest BCUT2D eigenvalue weighted by atomic mass is 9.93. The number of fused-ring (bicyclic) bond motifs is 1. The van der Waals surface area contributed by atoms with Crippen LogP contribution in [0.25, 0.3) is 11.4 Å². The molecular weight excluding hydrogens is 821 g/mol. The first-order valence-corrected chi connectivity index (χ1v) is 28.3. The molecule has 0 N–H and O–H groups in total. The normalized spacial score (nSPS) is 14.8. The second-order valence-electron chi connectivity index (χ2n) is 19.3. The Labute approximate surface area is 400 Å². The molecule has 4 rings (SSSR count). The molecule has 0 fully saturated rings. The topological polar surface area (TPSA) is 40.6 Å². The average molecular weight is 909 g/mol. The molecule has 2 atom stereocenters. The third kappa shape index (κ3) is 17.3. The van der Waals surface area contributed by atoms with E-state index in [9.17, 15) is 0 Å². The molecule has 0 aliphatic carbocycles. The first-order chi connectivity index (χ1) is 31.4. The molecule has 0 radical (unpaired) electrons. The van der Waals surface area contributed by atoms with Crippen LogP contribution in [0.15, 0.2) is 35.4 Å². The molecule has 64 heavy (non-hydrogen) atoms. The zero-order valence-corrected chi connectivity index (χ0v) is 42.8. The van der Waals surface area contributed by atoms with Gasteiger partial charge in [-0.25, -0.2) is 0 Å². The van der Waals surface area contributed by atoms with Gasteiger partial charge in [-0.15, -0.1) is 35.5 Å². The molecule has 2 amide bonds. The highest BCUT2D eigenvalue weighted by molar-refractivity contribution is 7.14. The van der Waals surface area contributed by atoms with E-state index < -0.39 is 0 Å². The van der Waals surface area contributed by atoms with Crippen molar-refractivity contribution in [2.24, 2.45) is 11.8 Å². The van der Waals surface area contributed by atoms with Crippen LogP contribution in [0.3, 0.4) is 0 Å². The Kier molecular flexibility index (Phi) is 26.6. The minimum atomic E-state index is -0.0263. The summed E-state index contributed by atoms with van der Waals surface area (Å²) in [6.07, 6.45) is 52.1. The first-order valence-electron chi connectivity index (χ1n) is 26.7. The van der Waals surface area contributed by atoms with Crippen molar-refractivity contribution in [1.82, 2.24) is 9.80 Å². The number of hydrogen-bond donors (Lipinski definition) is 0. The quantitative estimate of drug-likeness (QED) is 0.0497. The van der Waals surface area contributed by atoms with Crippen molar-refractivity contribution in [1.29, 1.82) is 0 Å². The minimum Gasteiger partial charge on any atom is -0.306 e. The van der Waals surface area contributed by atoms with E-state index in [1.807, 2.05) is 34.1 Å². The van der Waals surface area contributed by atoms with Crippen molar-refractivity contribution in [3.05, 3.63) is 54.9 Å². The Bertz CT molecular complexity index is 1670. The number of nitrogens with zero attached hydrogens (tertiary/aromatic N) is 2. The van der Waals surface area contributed by atoms with Crippen molar-refractivity contribution >= 4 is 45.9 Å². The van der Waals surface area contributed by atoms with Crippen LogP contribution in [0, 0.1) is 36.5 Å². The van der Waals surface area contributed by atoms with Crippen LogP contribution in [0.1, 0.15) is 253 Å². The third-order valence-electron chi connectivity index (χ3n) is 13.9. The maximum Gasteiger partial charge on any atom is 0.261 e. The molecule has 6 heteroatoms. The summed E-state index contributed by atoms with van der Waals surface area (Å²) in [5, 5.41) is 0. The fourth-order valence-corrected chi connectivity index (χ4v) is 11.8. The largest absolute Gasteiger partial charge is 0.306 e. The van der Waals surface area contributed by atoms with E-state index in [0.717, 1.165) is 56.6 Å². The number of rotatable bonds is 38. The summed E-state index contributed by atoms with van der Waals surface area (Å²) in [5.74, 6) is 6.36. The fourth-order valence-electron chi connectivity index (χ4n) is 10.1. The lowest BCUT2D eigenvalue weighted by Gasteiger charge is -2.29. The molecule has 0 bridgehead atoms. The monoisotopic (exact) mass is 909 g/mol. The molecule has 2 aliphatic rings. The number of amides is 2. The van der Waals surface area contributed by atoms with Gasteiger partial charge in [0, 0.05) is 13.1 Å². The number of hydrogen-bond acceptors (Lipinski definition) is 4. The third-order valence-corrected chi connectivity index (χ3v) is 15.9. The van der Waals surface area contributed by atoms with Gasteiger partial charge in [0.1, 0.15) is 0 Å². The van der Waals surface area contributed by atoms with Crippen LogP contribution >= 0.6 is 22.7 Å². The predicted octanol–water partition coefficient (Wildman–Crippen LogP) is 17.4. The van der Waals surface area contributed by atoms with Gasteiger partial charge >= 0.3 is 0 Å². The van der Waals surface area contributed by atoms with Crippen LogP contribution in [-0.4, -0.2) is 34.7 Å². The van der Waals surface area contributed by atoms with Crippen molar-refractivity contribution in [2.45, 2.75) is 233 Å². The molecule has 2 aliphatic heterocycles. The highest BCUT2D eigenvalue weighted by Gasteiger charge is 2.50. The summed E-state index contributed by atoms with van der Waals surface area (Å²) >= 11 is 3.06. The van der Waals surface area contributed by atoms with E-state index in [2.05, 4.69) is 39.5 Å². The highest BCUT2D eigenvalue weighted by atomic mass is 32.1. The summed E-state index contributed by atoms with van der Waals surface area (Å²) in [6.45, 7) is 10.4. The van der Waals surface area contributed by atoms with Gasteiger partial charge in [0.2, 0.25) is 0 Å². The summed E-state index contributed by atoms with van der Waals surface area (Å²) in [5.41, 5.74) is 2.73. The highest BCUT2D eigenvalue weighted by Crippen LogP contribution is 2.49. The van der Waals surface area contributed by atoms with Crippen molar-refractivity contribution < 1.29 is 9.59 Å². The fraction of sp³-hybridized carbons (Fsp3) is 0.690. The minimum absolute atomic E-state index is 0.0263. The van der Waals surface area contributed by atoms with Gasteiger partial charge in [-0.1, -0.05) is 219 Å². The summed E-state index contributed by atoms with van der Waals surface area (Å²) < 4.78 is 0. The zero-order valence-electron chi connectivity index (χ0n) is 41.2. The van der Waals surface area contributed by atoms with Crippen LogP contribution in [0.2, 0.25) is 0 Å². The Morgan fingerprint density at radius 2 is 0.688 bits per heavy atom. The number of thiophene rings is 2. The number of unbranched alkanes of at least 4 members (excludes halogenated alkanes) is 24. The predicted molar refractivity (Wildman–Crippen MR) is 279 cm³/mol. The molecule has 2 aromatic rings. The SMILES string of the molecule is C#Cc1ccc(C2=C3C(=O)N(CC(CCCCCCCC)CCCCCCCCCC)C(c4ccc(C#C)s4)=C3C(=O)N2CC(CCCCCCCC)CCCCCCCCCC)s1. The molecule has 0 aromatic carbocycles. The molecule has 0 saturated carbocycles. The van der Waals surface area contributed by atoms with Gasteiger partial charge in [0.05, 0.1) is 42.0 Å². The van der Waals surface area contributed by atoms with Gasteiger partial charge in [0.25, 0.3) is 11.8 Å². The van der Waals surface area contributed by atoms with E-state index in [0.29, 0.717) is 36.1 Å². The summed E-state index contributed by atoms with van der Waals surface area (Å²) in [4.78, 5) is 38.3. The van der Waals surface area contributed by atoms with Gasteiger partial charge in [-0.3, -0.25) is 9.59 Å². The summed E-state index contributed by atoms with van der Waals surface area (Å²) in [6, 6.07) is 8.05. The number of carbonyl (C=O) groups excluding carboxylic acids is 2. The van der Waals surface area contributed by atoms with Gasteiger partial charge in [-0.05, 0) is 61.8 Å². The Hall–Kier alpha value is -3.06. The average Bonchev–Trinajstić information content (AvgIpc) is 4.10. The Morgan fingerprint density at radius 1 is 0.422 bits per heavy atom. The molecule has 0 spiro atoms. The van der Waals surface area contributed by atoms with Gasteiger partial charge in [-0.2, -0.15) is 0 Å². The van der Waals surface area contributed by atoms with Crippen LogP contribution in [0.4, 0.5) is 0 Å². The van der Waals surface area contributed by atoms with E-state index in [1.165, 1.54) is 202 Å². The Morgan fingerprint density at radius 3 is 0.938 bits per heavy atom.